The lowest BCUT2D eigenvalue weighted by atomic mass is 10.2. The molecule has 2 N–H and O–H groups in total. The van der Waals surface area contributed by atoms with Crippen molar-refractivity contribution in [1.29, 1.82) is 0 Å². The highest BCUT2D eigenvalue weighted by Gasteiger charge is 2.00. The van der Waals surface area contributed by atoms with Gasteiger partial charge in [-0.05, 0) is 19.1 Å². The summed E-state index contributed by atoms with van der Waals surface area (Å²) in [6.45, 7) is 5.32. The number of benzene rings is 1. The fourth-order valence-electron chi connectivity index (χ4n) is 0.978. The summed E-state index contributed by atoms with van der Waals surface area (Å²) in [6, 6.07) is 7.75. The van der Waals surface area contributed by atoms with Crippen LogP contribution in [-0.2, 0) is 9.63 Å². The van der Waals surface area contributed by atoms with Crippen LogP contribution in [0.15, 0.2) is 36.5 Å². The number of hydrogen-bond acceptors (Lipinski definition) is 3. The minimum absolute atomic E-state index is 0.0835. The fraction of sp³-hybridized carbons (Fsp3) is 0.154. The number of aryl methyl sites for hydroxylation is 1. The maximum absolute atomic E-state index is 10.3. The highest BCUT2D eigenvalue weighted by atomic mass is 16.6. The van der Waals surface area contributed by atoms with E-state index in [1.807, 2.05) is 31.2 Å². The summed E-state index contributed by atoms with van der Waals surface area (Å²) in [5.74, 6) is 4.47. The average Bonchev–Trinajstić information content (AvgIpc) is 2.30. The second-order valence-corrected chi connectivity index (χ2v) is 3.34. The summed E-state index contributed by atoms with van der Waals surface area (Å²) in [7, 11) is 0. The monoisotopic (exact) mass is 231 g/mol. The van der Waals surface area contributed by atoms with E-state index in [0.29, 0.717) is 0 Å². The minimum Gasteiger partial charge on any atom is -0.477 e. The summed E-state index contributed by atoms with van der Waals surface area (Å²) in [5.41, 5.74) is 4.02. The Morgan fingerprint density at radius 2 is 2.12 bits per heavy atom. The molecular weight excluding hydrogens is 218 g/mol. The highest BCUT2D eigenvalue weighted by Crippen LogP contribution is 2.00. The number of carbonyl (C=O) groups is 1. The van der Waals surface area contributed by atoms with Crippen molar-refractivity contribution in [3.63, 3.8) is 0 Å². The van der Waals surface area contributed by atoms with Gasteiger partial charge in [-0.2, -0.15) is 0 Å². The minimum atomic E-state index is -1.16. The normalized spacial score (nSPS) is 9.00. The first-order valence-corrected chi connectivity index (χ1v) is 4.95. The molecule has 0 saturated carbocycles. The first-order valence-electron chi connectivity index (χ1n) is 4.95. The lowest BCUT2D eigenvalue weighted by Gasteiger charge is -2.01. The molecule has 0 unspecified atom stereocenters. The molecule has 0 amide bonds. The van der Waals surface area contributed by atoms with Crippen LogP contribution in [-0.4, -0.2) is 17.7 Å². The van der Waals surface area contributed by atoms with Gasteiger partial charge < -0.3 is 5.11 Å². The Kier molecular flexibility index (Phi) is 4.79. The molecule has 1 aromatic carbocycles. The molecule has 4 heteroatoms. The predicted octanol–water partition coefficient (Wildman–Crippen LogP) is 1.47. The van der Waals surface area contributed by atoms with E-state index < -0.39 is 5.97 Å². The average molecular weight is 231 g/mol. The Morgan fingerprint density at radius 1 is 1.47 bits per heavy atom. The van der Waals surface area contributed by atoms with Gasteiger partial charge in [0.1, 0.15) is 12.3 Å². The molecule has 1 rings (SSSR count). The van der Waals surface area contributed by atoms with E-state index in [9.17, 15) is 4.79 Å². The van der Waals surface area contributed by atoms with Crippen molar-refractivity contribution in [2.75, 3.05) is 6.61 Å². The number of hydrogen-bond donors (Lipinski definition) is 2. The molecule has 0 aliphatic heterocycles. The summed E-state index contributed by atoms with van der Waals surface area (Å²) < 4.78 is 0. The Labute approximate surface area is 99.9 Å². The molecule has 0 saturated heterocycles. The Hall–Kier alpha value is -2.25. The van der Waals surface area contributed by atoms with E-state index in [1.165, 1.54) is 5.56 Å². The van der Waals surface area contributed by atoms with Gasteiger partial charge in [-0.3, -0.25) is 10.3 Å². The van der Waals surface area contributed by atoms with Gasteiger partial charge in [0.05, 0.1) is 0 Å². The quantitative estimate of drug-likeness (QED) is 0.356. The first-order chi connectivity index (χ1) is 8.09. The van der Waals surface area contributed by atoms with Crippen molar-refractivity contribution < 1.29 is 14.7 Å². The highest BCUT2D eigenvalue weighted by molar-refractivity contribution is 5.84. The number of aliphatic carboxylic acids is 1. The predicted molar refractivity (Wildman–Crippen MR) is 63.9 cm³/mol. The molecule has 17 heavy (non-hydrogen) atoms. The van der Waals surface area contributed by atoms with Crippen molar-refractivity contribution in [3.05, 3.63) is 47.7 Å². The molecule has 1 aromatic rings. The molecule has 0 bridgehead atoms. The molecule has 0 heterocycles. The second-order valence-electron chi connectivity index (χ2n) is 3.34. The zero-order valence-corrected chi connectivity index (χ0v) is 9.49. The van der Waals surface area contributed by atoms with Crippen molar-refractivity contribution in [2.45, 2.75) is 6.92 Å². The van der Waals surface area contributed by atoms with Crippen LogP contribution in [0.25, 0.3) is 0 Å². The molecule has 0 aliphatic carbocycles. The number of rotatable bonds is 4. The molecule has 0 radical (unpaired) electrons. The van der Waals surface area contributed by atoms with Gasteiger partial charge in [0.25, 0.3) is 0 Å². The lowest BCUT2D eigenvalue weighted by molar-refractivity contribution is -0.134. The van der Waals surface area contributed by atoms with Crippen molar-refractivity contribution >= 4 is 5.97 Å². The number of nitrogens with one attached hydrogen (secondary N) is 1. The van der Waals surface area contributed by atoms with Crippen molar-refractivity contribution in [3.8, 4) is 11.8 Å². The summed E-state index contributed by atoms with van der Waals surface area (Å²) in [4.78, 5) is 15.1. The zero-order chi connectivity index (χ0) is 12.7. The second kappa shape index (κ2) is 6.36. The molecule has 0 atom stereocenters. The number of carboxylic acid groups (broad SMARTS) is 1. The third kappa shape index (κ3) is 4.87. The van der Waals surface area contributed by atoms with Crippen LogP contribution in [0.1, 0.15) is 11.1 Å². The Morgan fingerprint density at radius 3 is 2.71 bits per heavy atom. The van der Waals surface area contributed by atoms with Crippen LogP contribution < -0.4 is 5.48 Å². The third-order valence-electron chi connectivity index (χ3n) is 1.88. The number of carboxylic acids is 1. The number of hydroxylamine groups is 1. The van der Waals surface area contributed by atoms with E-state index in [0.717, 1.165) is 5.56 Å². The van der Waals surface area contributed by atoms with E-state index >= 15 is 0 Å². The topological polar surface area (TPSA) is 58.6 Å². The van der Waals surface area contributed by atoms with Crippen LogP contribution in [0.5, 0.6) is 0 Å². The maximum atomic E-state index is 10.3. The molecule has 0 spiro atoms. The summed E-state index contributed by atoms with van der Waals surface area (Å²) in [5, 5.41) is 8.46. The zero-order valence-electron chi connectivity index (χ0n) is 9.49. The molecule has 0 fully saturated rings. The SMILES string of the molecule is C=C(NOCC#Cc1ccc(C)cc1)C(=O)O. The van der Waals surface area contributed by atoms with Gasteiger partial charge in [-0.15, -0.1) is 0 Å². The summed E-state index contributed by atoms with van der Waals surface area (Å²) in [6.07, 6.45) is 0. The van der Waals surface area contributed by atoms with E-state index in [-0.39, 0.29) is 12.3 Å². The molecule has 0 aliphatic rings. The maximum Gasteiger partial charge on any atom is 0.353 e. The van der Waals surface area contributed by atoms with Gasteiger partial charge in [0.15, 0.2) is 0 Å². The smallest absolute Gasteiger partial charge is 0.353 e. The molecule has 4 nitrogen and oxygen atoms in total. The van der Waals surface area contributed by atoms with E-state index in [2.05, 4.69) is 23.9 Å². The van der Waals surface area contributed by atoms with Gasteiger partial charge in [0, 0.05) is 5.56 Å². The largest absolute Gasteiger partial charge is 0.477 e. The molecule has 0 aromatic heterocycles. The molecular formula is C13H13NO3. The third-order valence-corrected chi connectivity index (χ3v) is 1.88. The standard InChI is InChI=1S/C13H13NO3/c1-10-5-7-12(8-6-10)4-3-9-17-14-11(2)13(15)16/h5-8,14H,2,9H2,1H3,(H,15,16). The summed E-state index contributed by atoms with van der Waals surface area (Å²) >= 11 is 0. The Bertz CT molecular complexity index is 466. The fourth-order valence-corrected chi connectivity index (χ4v) is 0.978. The van der Waals surface area contributed by atoms with Gasteiger partial charge in [-0.1, -0.05) is 36.1 Å². The first kappa shape index (κ1) is 12.8. The van der Waals surface area contributed by atoms with Crippen LogP contribution in [0.2, 0.25) is 0 Å². The van der Waals surface area contributed by atoms with Gasteiger partial charge in [-0.25, -0.2) is 4.79 Å². The van der Waals surface area contributed by atoms with Crippen LogP contribution in [0, 0.1) is 18.8 Å². The van der Waals surface area contributed by atoms with E-state index in [1.54, 1.807) is 0 Å². The van der Waals surface area contributed by atoms with Gasteiger partial charge in [0.2, 0.25) is 0 Å². The molecule has 88 valence electrons. The van der Waals surface area contributed by atoms with Crippen molar-refractivity contribution in [1.82, 2.24) is 5.48 Å². The van der Waals surface area contributed by atoms with Crippen molar-refractivity contribution in [2.24, 2.45) is 0 Å². The van der Waals surface area contributed by atoms with Crippen LogP contribution >= 0.6 is 0 Å². The lowest BCUT2D eigenvalue weighted by Crippen LogP contribution is -2.19. The van der Waals surface area contributed by atoms with Crippen LogP contribution in [0.4, 0.5) is 0 Å². The van der Waals surface area contributed by atoms with E-state index in [4.69, 9.17) is 9.94 Å². The Balaban J connectivity index is 2.34. The van der Waals surface area contributed by atoms with Gasteiger partial charge >= 0.3 is 5.97 Å². The van der Waals surface area contributed by atoms with Crippen LogP contribution in [0.3, 0.4) is 0 Å².